The topological polar surface area (TPSA) is 0 Å². The molecule has 1 aromatic carbocycles. The lowest BCUT2D eigenvalue weighted by Gasteiger charge is -2.21. The Morgan fingerprint density at radius 2 is 1.36 bits per heavy atom. The minimum atomic E-state index is 0. The smallest absolute Gasteiger partial charge is 0.0271 e. The van der Waals surface area contributed by atoms with Crippen molar-refractivity contribution >= 4 is 0 Å². The highest BCUT2D eigenvalue weighted by molar-refractivity contribution is 5.28. The van der Waals surface area contributed by atoms with E-state index in [0.29, 0.717) is 5.41 Å². The lowest BCUT2D eigenvalue weighted by molar-refractivity contribution is 0.317. The van der Waals surface area contributed by atoms with E-state index in [4.69, 9.17) is 0 Å². The van der Waals surface area contributed by atoms with Crippen LogP contribution in [-0.2, 0) is 12.8 Å². The Morgan fingerprint density at radius 3 is 1.79 bits per heavy atom. The number of fused-ring (bicyclic) bond motifs is 1. The molecule has 0 heteroatoms. The van der Waals surface area contributed by atoms with Gasteiger partial charge in [-0.05, 0) is 42.2 Å². The summed E-state index contributed by atoms with van der Waals surface area (Å²) in [5.41, 5.74) is 3.69. The molecule has 1 aromatic rings. The highest BCUT2D eigenvalue weighted by atomic mass is 14.3. The van der Waals surface area contributed by atoms with Crippen LogP contribution in [0.25, 0.3) is 0 Å². The molecule has 0 unspecified atom stereocenters. The van der Waals surface area contributed by atoms with E-state index in [1.165, 1.54) is 25.7 Å². The number of hydrogen-bond donors (Lipinski definition) is 0. The predicted molar refractivity (Wildman–Crippen MR) is 63.6 cm³/mol. The van der Waals surface area contributed by atoms with E-state index >= 15 is 0 Å². The summed E-state index contributed by atoms with van der Waals surface area (Å²) in [5, 5.41) is 0. The maximum atomic E-state index is 2.39. The van der Waals surface area contributed by atoms with Gasteiger partial charge < -0.3 is 0 Å². The molecule has 0 bridgehead atoms. The van der Waals surface area contributed by atoms with Gasteiger partial charge in [0.2, 0.25) is 0 Å². The van der Waals surface area contributed by atoms with E-state index in [0.717, 1.165) is 0 Å². The van der Waals surface area contributed by atoms with Crippen molar-refractivity contribution in [2.45, 2.75) is 47.0 Å². The van der Waals surface area contributed by atoms with Gasteiger partial charge in [-0.3, -0.25) is 0 Å². The molecule has 2 rings (SSSR count). The summed E-state index contributed by atoms with van der Waals surface area (Å²) in [7, 11) is 0. The van der Waals surface area contributed by atoms with Crippen LogP contribution in [0.5, 0.6) is 0 Å². The Bertz CT molecular complexity index is 268. The molecule has 1 aliphatic rings. The second-order valence-corrected chi connectivity index (χ2v) is 4.93. The second kappa shape index (κ2) is 4.16. The van der Waals surface area contributed by atoms with Crippen LogP contribution in [0.3, 0.4) is 0 Å². The number of benzene rings is 1. The van der Waals surface area contributed by atoms with E-state index < -0.39 is 0 Å². The Labute approximate surface area is 88.4 Å². The zero-order valence-electron chi connectivity index (χ0n) is 8.64. The third-order valence-corrected chi connectivity index (χ3v) is 3.26. The summed E-state index contributed by atoms with van der Waals surface area (Å²) in [5.74, 6) is 0. The molecular weight excluding hydrogens is 168 g/mol. The largest absolute Gasteiger partial charge is 0.0776 e. The highest BCUT2D eigenvalue weighted by Crippen LogP contribution is 2.33. The minimum Gasteiger partial charge on any atom is -0.0776 e. The minimum absolute atomic E-state index is 0. The second-order valence-electron chi connectivity index (χ2n) is 4.93. The fraction of sp³-hybridized carbons (Fsp3) is 0.571. The first-order chi connectivity index (χ1) is 6.17. The van der Waals surface area contributed by atoms with Crippen LogP contribution in [0.15, 0.2) is 24.3 Å². The van der Waals surface area contributed by atoms with E-state index in [1.54, 1.807) is 11.1 Å². The van der Waals surface area contributed by atoms with Crippen molar-refractivity contribution < 1.29 is 0 Å². The normalized spacial score (nSPS) is 19.0. The van der Waals surface area contributed by atoms with Gasteiger partial charge in [-0.25, -0.2) is 0 Å². The molecule has 0 aliphatic heterocycles. The van der Waals surface area contributed by atoms with Crippen LogP contribution in [0, 0.1) is 5.41 Å². The summed E-state index contributed by atoms with van der Waals surface area (Å²) in [6.45, 7) is 4.78. The van der Waals surface area contributed by atoms with E-state index in [2.05, 4.69) is 38.1 Å². The molecule has 0 N–H and O–H groups in total. The first-order valence-electron chi connectivity index (χ1n) is 5.24. The van der Waals surface area contributed by atoms with Crippen molar-refractivity contribution in [1.82, 2.24) is 0 Å². The van der Waals surface area contributed by atoms with Gasteiger partial charge >= 0.3 is 0 Å². The van der Waals surface area contributed by atoms with Crippen molar-refractivity contribution in [3.8, 4) is 0 Å². The molecule has 14 heavy (non-hydrogen) atoms. The quantitative estimate of drug-likeness (QED) is 0.537. The number of hydrogen-bond acceptors (Lipinski definition) is 0. The summed E-state index contributed by atoms with van der Waals surface area (Å²) in [6, 6.07) is 8.90. The number of rotatable bonds is 0. The number of aryl methyl sites for hydroxylation is 2. The standard InChI is InChI=1S/C13H18.CH4/c1-13(2)9-7-11-5-3-4-6-12(11)8-10-13;/h3-6H,7-10H2,1-2H3;1H4. The third-order valence-electron chi connectivity index (χ3n) is 3.26. The molecular formula is C14H22. The molecule has 0 saturated carbocycles. The lowest BCUT2D eigenvalue weighted by Crippen LogP contribution is -2.10. The van der Waals surface area contributed by atoms with E-state index in [-0.39, 0.29) is 7.43 Å². The summed E-state index contributed by atoms with van der Waals surface area (Å²) in [4.78, 5) is 0. The summed E-state index contributed by atoms with van der Waals surface area (Å²) in [6.07, 6.45) is 5.21. The van der Waals surface area contributed by atoms with E-state index in [1.807, 2.05) is 0 Å². The SMILES string of the molecule is C.CC1(C)CCc2ccccc2CC1. The van der Waals surface area contributed by atoms with Gasteiger partial charge in [-0.15, -0.1) is 0 Å². The van der Waals surface area contributed by atoms with Crippen LogP contribution in [0.2, 0.25) is 0 Å². The summed E-state index contributed by atoms with van der Waals surface area (Å²) < 4.78 is 0. The molecule has 0 saturated heterocycles. The van der Waals surface area contributed by atoms with Gasteiger partial charge in [0.05, 0.1) is 0 Å². The Morgan fingerprint density at radius 1 is 0.929 bits per heavy atom. The average molecular weight is 190 g/mol. The maximum Gasteiger partial charge on any atom is -0.0271 e. The Balaban J connectivity index is 0.000000980. The molecule has 0 radical (unpaired) electrons. The monoisotopic (exact) mass is 190 g/mol. The van der Waals surface area contributed by atoms with Crippen molar-refractivity contribution in [3.63, 3.8) is 0 Å². The van der Waals surface area contributed by atoms with Gasteiger partial charge in [0.1, 0.15) is 0 Å². The molecule has 1 aliphatic carbocycles. The van der Waals surface area contributed by atoms with Crippen LogP contribution < -0.4 is 0 Å². The van der Waals surface area contributed by atoms with Gasteiger partial charge in [-0.1, -0.05) is 45.5 Å². The molecule has 0 aromatic heterocycles. The first-order valence-corrected chi connectivity index (χ1v) is 5.24. The molecule has 0 nitrogen and oxygen atoms in total. The zero-order valence-corrected chi connectivity index (χ0v) is 8.64. The van der Waals surface area contributed by atoms with Crippen LogP contribution in [-0.4, -0.2) is 0 Å². The van der Waals surface area contributed by atoms with E-state index in [9.17, 15) is 0 Å². The maximum absolute atomic E-state index is 2.39. The molecule has 0 heterocycles. The molecule has 0 fully saturated rings. The first kappa shape index (κ1) is 11.3. The van der Waals surface area contributed by atoms with Crippen molar-refractivity contribution in [3.05, 3.63) is 35.4 Å². The lowest BCUT2D eigenvalue weighted by atomic mass is 9.85. The fourth-order valence-corrected chi connectivity index (χ4v) is 2.12. The Kier molecular flexibility index (Phi) is 3.36. The average Bonchev–Trinajstić information content (AvgIpc) is 2.27. The van der Waals surface area contributed by atoms with Crippen molar-refractivity contribution in [1.29, 1.82) is 0 Å². The molecule has 0 spiro atoms. The predicted octanol–water partition coefficient (Wildman–Crippen LogP) is 4.23. The fourth-order valence-electron chi connectivity index (χ4n) is 2.12. The third kappa shape index (κ3) is 2.37. The Hall–Kier alpha value is -0.780. The van der Waals surface area contributed by atoms with Gasteiger partial charge in [0, 0.05) is 0 Å². The van der Waals surface area contributed by atoms with Gasteiger partial charge in [0.15, 0.2) is 0 Å². The van der Waals surface area contributed by atoms with Crippen LogP contribution >= 0.6 is 0 Å². The summed E-state index contributed by atoms with van der Waals surface area (Å²) >= 11 is 0. The molecule has 78 valence electrons. The van der Waals surface area contributed by atoms with Gasteiger partial charge in [-0.2, -0.15) is 0 Å². The van der Waals surface area contributed by atoms with Crippen molar-refractivity contribution in [2.24, 2.45) is 5.41 Å². The van der Waals surface area contributed by atoms with Crippen LogP contribution in [0.4, 0.5) is 0 Å². The van der Waals surface area contributed by atoms with Crippen LogP contribution in [0.1, 0.15) is 45.2 Å². The van der Waals surface area contributed by atoms with Crippen molar-refractivity contribution in [2.75, 3.05) is 0 Å². The van der Waals surface area contributed by atoms with Gasteiger partial charge in [0.25, 0.3) is 0 Å². The zero-order chi connectivity index (χ0) is 9.31. The highest BCUT2D eigenvalue weighted by Gasteiger charge is 2.21. The molecule has 0 atom stereocenters. The molecule has 0 amide bonds.